The zero-order valence-electron chi connectivity index (χ0n) is 16.2. The summed E-state index contributed by atoms with van der Waals surface area (Å²) in [5.41, 5.74) is -0.903. The van der Waals surface area contributed by atoms with Gasteiger partial charge in [-0.05, 0) is 69.2 Å². The maximum Gasteiger partial charge on any atom is 0.0821 e. The van der Waals surface area contributed by atoms with Crippen LogP contribution in [0.2, 0.25) is 0 Å². The van der Waals surface area contributed by atoms with Crippen molar-refractivity contribution in [1.29, 1.82) is 0 Å². The summed E-state index contributed by atoms with van der Waals surface area (Å²) in [7, 11) is 0. The van der Waals surface area contributed by atoms with E-state index < -0.39 is 5.60 Å². The highest BCUT2D eigenvalue weighted by molar-refractivity contribution is 4.59. The summed E-state index contributed by atoms with van der Waals surface area (Å²) < 4.78 is 0. The molecule has 0 aliphatic rings. The molecule has 6 N–H and O–H groups in total. The highest BCUT2D eigenvalue weighted by Crippen LogP contribution is 1.95. The molecule has 0 amide bonds. The van der Waals surface area contributed by atoms with Crippen molar-refractivity contribution in [2.24, 2.45) is 0 Å². The fourth-order valence-corrected chi connectivity index (χ4v) is 0. The molecule has 6 heteroatoms. The first-order valence-corrected chi connectivity index (χ1v) is 7.54. The molecule has 0 aliphatic carbocycles. The molecule has 0 aliphatic heterocycles. The summed E-state index contributed by atoms with van der Waals surface area (Å²) in [5.74, 6) is 0. The van der Waals surface area contributed by atoms with Gasteiger partial charge in [-0.25, -0.2) is 0 Å². The Morgan fingerprint density at radius 3 is 0.636 bits per heavy atom. The Labute approximate surface area is 137 Å². The molecule has 6 nitrogen and oxygen atoms in total. The van der Waals surface area contributed by atoms with Crippen molar-refractivity contribution < 1.29 is 30.6 Å². The van der Waals surface area contributed by atoms with Crippen LogP contribution >= 0.6 is 0 Å². The van der Waals surface area contributed by atoms with E-state index >= 15 is 0 Å². The average Bonchev–Trinajstić information content (AvgIpc) is 2.12. The molecule has 0 rings (SSSR count). The quantitative estimate of drug-likeness (QED) is 0.431. The molecule has 0 aromatic heterocycles. The fraction of sp³-hybridized carbons (Fsp3) is 1.00. The molecule has 0 saturated heterocycles. The van der Waals surface area contributed by atoms with Crippen LogP contribution in [0, 0.1) is 0 Å². The number of rotatable bonds is 1. The zero-order chi connectivity index (χ0) is 19.5. The molecule has 0 aromatic rings. The third kappa shape index (κ3) is 913. The van der Waals surface area contributed by atoms with Gasteiger partial charge < -0.3 is 30.6 Å². The molecule has 0 aromatic carbocycles. The van der Waals surface area contributed by atoms with Crippen molar-refractivity contribution in [3.63, 3.8) is 0 Å². The van der Waals surface area contributed by atoms with Crippen LogP contribution in [-0.4, -0.2) is 67.3 Å². The molecule has 0 heterocycles. The lowest BCUT2D eigenvalue weighted by Gasteiger charge is -2.10. The SMILES string of the molecule is CC(C)(O)CO.CC(C)O.CC(C)O.CC(C)O.CC(C)O. The predicted molar refractivity (Wildman–Crippen MR) is 92.8 cm³/mol. The number of aliphatic hydroxyl groups is 6. The lowest BCUT2D eigenvalue weighted by atomic mass is 10.2. The molecule has 22 heavy (non-hydrogen) atoms. The Hall–Kier alpha value is -0.240. The first-order valence-electron chi connectivity index (χ1n) is 7.54. The Balaban J connectivity index is -0.0000000555. The van der Waals surface area contributed by atoms with Gasteiger partial charge in [-0.2, -0.15) is 0 Å². The molecular formula is C16H42O6. The Morgan fingerprint density at radius 2 is 0.636 bits per heavy atom. The topological polar surface area (TPSA) is 121 Å². The van der Waals surface area contributed by atoms with Crippen molar-refractivity contribution in [3.05, 3.63) is 0 Å². The summed E-state index contributed by atoms with van der Waals surface area (Å²) >= 11 is 0. The lowest BCUT2D eigenvalue weighted by molar-refractivity contribution is 0.0183. The summed E-state index contributed by atoms with van der Waals surface area (Å²) in [4.78, 5) is 0. The summed E-state index contributed by atoms with van der Waals surface area (Å²) in [6.07, 6.45) is -0.667. The van der Waals surface area contributed by atoms with Gasteiger partial charge in [0.2, 0.25) is 0 Å². The van der Waals surface area contributed by atoms with Gasteiger partial charge in [0.25, 0.3) is 0 Å². The molecule has 0 saturated carbocycles. The Kier molecular flexibility index (Phi) is 35.0. The molecule has 0 atom stereocenters. The first kappa shape index (κ1) is 33.4. The molecule has 0 fully saturated rings. The van der Waals surface area contributed by atoms with Gasteiger partial charge in [-0.3, -0.25) is 0 Å². The minimum Gasteiger partial charge on any atom is -0.394 e. The van der Waals surface area contributed by atoms with Crippen LogP contribution in [0.3, 0.4) is 0 Å². The highest BCUT2D eigenvalue weighted by Gasteiger charge is 2.07. The average molecular weight is 331 g/mol. The summed E-state index contributed by atoms with van der Waals surface area (Å²) in [5, 5.41) is 49.0. The lowest BCUT2D eigenvalue weighted by Crippen LogP contribution is -2.23. The normalized spacial score (nSPS) is 9.82. The van der Waals surface area contributed by atoms with E-state index in [0.29, 0.717) is 0 Å². The van der Waals surface area contributed by atoms with E-state index in [4.69, 9.17) is 30.6 Å². The molecular weight excluding hydrogens is 288 g/mol. The van der Waals surface area contributed by atoms with Crippen LogP contribution in [0.5, 0.6) is 0 Å². The largest absolute Gasteiger partial charge is 0.394 e. The van der Waals surface area contributed by atoms with Crippen LogP contribution in [0.25, 0.3) is 0 Å². The second-order valence-corrected chi connectivity index (χ2v) is 6.35. The number of hydrogen-bond acceptors (Lipinski definition) is 6. The van der Waals surface area contributed by atoms with Crippen molar-refractivity contribution in [3.8, 4) is 0 Å². The number of aliphatic hydroxyl groups excluding tert-OH is 5. The van der Waals surface area contributed by atoms with Crippen LogP contribution in [0.15, 0.2) is 0 Å². The molecule has 0 radical (unpaired) electrons. The van der Waals surface area contributed by atoms with Crippen molar-refractivity contribution in [2.45, 2.75) is 99.3 Å². The third-order valence-electron chi connectivity index (χ3n) is 0.387. The van der Waals surface area contributed by atoms with Gasteiger partial charge >= 0.3 is 0 Å². The van der Waals surface area contributed by atoms with E-state index in [1.807, 2.05) is 0 Å². The van der Waals surface area contributed by atoms with Gasteiger partial charge in [-0.1, -0.05) is 0 Å². The van der Waals surface area contributed by atoms with Crippen LogP contribution in [0.1, 0.15) is 69.2 Å². The van der Waals surface area contributed by atoms with Gasteiger partial charge in [0.15, 0.2) is 0 Å². The molecule has 0 unspecified atom stereocenters. The van der Waals surface area contributed by atoms with Crippen molar-refractivity contribution in [2.75, 3.05) is 6.61 Å². The van der Waals surface area contributed by atoms with Crippen molar-refractivity contribution in [1.82, 2.24) is 0 Å². The smallest absolute Gasteiger partial charge is 0.0821 e. The third-order valence-corrected chi connectivity index (χ3v) is 0.387. The standard InChI is InChI=1S/C4H10O2.4C3H8O/c1-4(2,6)3-5;4*1-3(2)4/h5-6H,3H2,1-2H3;4*3-4H,1-2H3. The van der Waals surface area contributed by atoms with E-state index in [1.165, 1.54) is 0 Å². The minimum absolute atomic E-state index is 0.167. The van der Waals surface area contributed by atoms with E-state index in [-0.39, 0.29) is 31.0 Å². The summed E-state index contributed by atoms with van der Waals surface area (Å²) in [6, 6.07) is 0. The van der Waals surface area contributed by atoms with Gasteiger partial charge in [0.05, 0.1) is 12.2 Å². The maximum absolute atomic E-state index is 8.58. The first-order chi connectivity index (χ1) is 9.49. The van der Waals surface area contributed by atoms with E-state index in [2.05, 4.69) is 0 Å². The van der Waals surface area contributed by atoms with E-state index in [1.54, 1.807) is 69.2 Å². The maximum atomic E-state index is 8.58. The second kappa shape index (κ2) is 23.0. The monoisotopic (exact) mass is 330 g/mol. The second-order valence-electron chi connectivity index (χ2n) is 6.35. The molecule has 142 valence electrons. The van der Waals surface area contributed by atoms with Gasteiger partial charge in [-0.15, -0.1) is 0 Å². The molecule has 0 spiro atoms. The zero-order valence-corrected chi connectivity index (χ0v) is 16.2. The fourth-order valence-electron chi connectivity index (χ4n) is 0. The summed E-state index contributed by atoms with van der Waals surface area (Å²) in [6.45, 7) is 16.7. The molecule has 0 bridgehead atoms. The minimum atomic E-state index is -0.903. The van der Waals surface area contributed by atoms with Crippen molar-refractivity contribution >= 4 is 0 Å². The highest BCUT2D eigenvalue weighted by atomic mass is 16.3. The van der Waals surface area contributed by atoms with Crippen LogP contribution < -0.4 is 0 Å². The Bertz CT molecular complexity index is 127. The predicted octanol–water partition coefficient (Wildman–Crippen LogP) is 1.30. The Morgan fingerprint density at radius 1 is 0.591 bits per heavy atom. The number of hydrogen-bond donors (Lipinski definition) is 6. The van der Waals surface area contributed by atoms with Gasteiger partial charge in [0.1, 0.15) is 0 Å². The van der Waals surface area contributed by atoms with Crippen LogP contribution in [0.4, 0.5) is 0 Å². The van der Waals surface area contributed by atoms with Gasteiger partial charge in [0, 0.05) is 24.4 Å². The van der Waals surface area contributed by atoms with E-state index in [9.17, 15) is 0 Å². The van der Waals surface area contributed by atoms with E-state index in [0.717, 1.165) is 0 Å². The van der Waals surface area contributed by atoms with Crippen LogP contribution in [-0.2, 0) is 0 Å².